The highest BCUT2D eigenvalue weighted by Crippen LogP contribution is 2.43. The van der Waals surface area contributed by atoms with E-state index in [0.717, 1.165) is 0 Å². The maximum absolute atomic E-state index is 10.8. The Labute approximate surface area is 136 Å². The standard InChI is InChI=1S/C12H17N4O7P/c1-5-8-11(15-12(13)23-5)16(4-14-8)7-2-6(9(17)10(7)18)3-22-24(19,20)21/h4,6-7,9-10,17-18H,1-3H2,(H2,13,15)(H2,19,20,21)/t6-,7-,9-,10+/m1/s1. The van der Waals surface area contributed by atoms with Gasteiger partial charge in [-0.3, -0.25) is 4.52 Å². The van der Waals surface area contributed by atoms with Gasteiger partial charge in [-0.25, -0.2) is 9.55 Å². The van der Waals surface area contributed by atoms with E-state index >= 15 is 0 Å². The minimum absolute atomic E-state index is 0.122. The molecule has 1 aromatic rings. The Morgan fingerprint density at radius 2 is 2.17 bits per heavy atom. The number of imidazole rings is 1. The zero-order chi connectivity index (χ0) is 17.6. The van der Waals surface area contributed by atoms with Gasteiger partial charge in [-0.1, -0.05) is 6.58 Å². The Hall–Kier alpha value is -1.75. The van der Waals surface area contributed by atoms with Gasteiger partial charge >= 0.3 is 7.82 Å². The van der Waals surface area contributed by atoms with Gasteiger partial charge in [0.1, 0.15) is 11.8 Å². The number of nitrogens with two attached hydrogens (primary N) is 1. The minimum atomic E-state index is -4.66. The van der Waals surface area contributed by atoms with Crippen molar-refractivity contribution < 1.29 is 33.8 Å². The van der Waals surface area contributed by atoms with Crippen molar-refractivity contribution in [2.75, 3.05) is 6.61 Å². The number of aromatic nitrogens is 2. The molecule has 132 valence electrons. The highest BCUT2D eigenvalue weighted by molar-refractivity contribution is 7.46. The van der Waals surface area contributed by atoms with Gasteiger partial charge in [0.05, 0.1) is 25.1 Å². The number of hydrogen-bond donors (Lipinski definition) is 5. The molecule has 1 aromatic heterocycles. The average molecular weight is 360 g/mol. The summed E-state index contributed by atoms with van der Waals surface area (Å²) in [5.74, 6) is -0.123. The van der Waals surface area contributed by atoms with E-state index in [-0.39, 0.29) is 18.2 Å². The molecule has 0 unspecified atom stereocenters. The van der Waals surface area contributed by atoms with Crippen molar-refractivity contribution in [2.45, 2.75) is 24.7 Å². The molecule has 1 saturated carbocycles. The Morgan fingerprint density at radius 3 is 2.83 bits per heavy atom. The number of phosphoric acid groups is 1. The van der Waals surface area contributed by atoms with Gasteiger partial charge in [0.25, 0.3) is 6.02 Å². The molecular weight excluding hydrogens is 343 g/mol. The molecule has 2 aliphatic rings. The molecule has 0 radical (unpaired) electrons. The number of aliphatic hydroxyl groups excluding tert-OH is 2. The first kappa shape index (κ1) is 17.1. The molecule has 1 aliphatic heterocycles. The maximum Gasteiger partial charge on any atom is 0.469 e. The van der Waals surface area contributed by atoms with Gasteiger partial charge < -0.3 is 35.0 Å². The van der Waals surface area contributed by atoms with Crippen LogP contribution in [0.1, 0.15) is 18.2 Å². The predicted molar refractivity (Wildman–Crippen MR) is 80.8 cm³/mol. The molecule has 3 rings (SSSR count). The molecule has 1 fully saturated rings. The summed E-state index contributed by atoms with van der Waals surface area (Å²) >= 11 is 0. The Balaban J connectivity index is 1.84. The van der Waals surface area contributed by atoms with E-state index in [1.807, 2.05) is 0 Å². The van der Waals surface area contributed by atoms with Crippen LogP contribution in [0.25, 0.3) is 5.76 Å². The monoisotopic (exact) mass is 360 g/mol. The molecule has 1 aliphatic carbocycles. The van der Waals surface area contributed by atoms with Crippen molar-refractivity contribution in [2.24, 2.45) is 16.6 Å². The smallest absolute Gasteiger partial charge is 0.424 e. The number of hydrogen-bond acceptors (Lipinski definition) is 8. The fraction of sp³-hybridized carbons (Fsp3) is 0.500. The van der Waals surface area contributed by atoms with Gasteiger partial charge in [0.2, 0.25) is 0 Å². The number of ether oxygens (including phenoxy) is 1. The van der Waals surface area contributed by atoms with Crippen molar-refractivity contribution in [1.82, 2.24) is 9.55 Å². The molecule has 6 N–H and O–H groups in total. The van der Waals surface area contributed by atoms with Crippen molar-refractivity contribution in [3.63, 3.8) is 0 Å². The van der Waals surface area contributed by atoms with Gasteiger partial charge in [-0.2, -0.15) is 4.99 Å². The lowest BCUT2D eigenvalue weighted by Gasteiger charge is -2.20. The van der Waals surface area contributed by atoms with Gasteiger partial charge in [0, 0.05) is 5.92 Å². The minimum Gasteiger partial charge on any atom is -0.424 e. The molecule has 24 heavy (non-hydrogen) atoms. The molecule has 0 bridgehead atoms. The lowest BCUT2D eigenvalue weighted by Crippen LogP contribution is -2.30. The summed E-state index contributed by atoms with van der Waals surface area (Å²) in [5, 5.41) is 20.4. The van der Waals surface area contributed by atoms with E-state index < -0.39 is 38.6 Å². The van der Waals surface area contributed by atoms with E-state index in [2.05, 4.69) is 21.1 Å². The maximum atomic E-state index is 10.8. The Kier molecular flexibility index (Phi) is 4.24. The number of fused-ring (bicyclic) bond motifs is 1. The summed E-state index contributed by atoms with van der Waals surface area (Å²) in [4.78, 5) is 25.7. The highest BCUT2D eigenvalue weighted by Gasteiger charge is 2.44. The number of nitrogens with zero attached hydrogens (tertiary/aromatic N) is 3. The number of rotatable bonds is 4. The van der Waals surface area contributed by atoms with Crippen LogP contribution in [-0.2, 0) is 13.8 Å². The number of phosphoric ester groups is 1. The predicted octanol–water partition coefficient (Wildman–Crippen LogP) is -0.778. The summed E-state index contributed by atoms with van der Waals surface area (Å²) in [7, 11) is -4.66. The second kappa shape index (κ2) is 5.96. The zero-order valence-corrected chi connectivity index (χ0v) is 13.3. The first-order chi connectivity index (χ1) is 11.2. The molecule has 11 nitrogen and oxygen atoms in total. The number of amidine groups is 1. The van der Waals surface area contributed by atoms with Crippen LogP contribution in [-0.4, -0.2) is 54.4 Å². The molecule has 0 amide bonds. The quantitative estimate of drug-likeness (QED) is 0.432. The normalized spacial score (nSPS) is 30.0. The summed E-state index contributed by atoms with van der Waals surface area (Å²) in [6.07, 6.45) is -0.799. The molecular formula is C12H17N4O7P. The number of aliphatic imine (C=N–C) groups is 1. The van der Waals surface area contributed by atoms with Crippen LogP contribution in [0.15, 0.2) is 17.9 Å². The average Bonchev–Trinajstić information content (AvgIpc) is 3.00. The lowest BCUT2D eigenvalue weighted by atomic mass is 10.1. The van der Waals surface area contributed by atoms with Gasteiger partial charge in [-0.05, 0) is 6.42 Å². The van der Waals surface area contributed by atoms with Crippen molar-refractivity contribution in [1.29, 1.82) is 0 Å². The van der Waals surface area contributed by atoms with Crippen LogP contribution >= 0.6 is 7.82 Å². The first-order valence-corrected chi connectivity index (χ1v) is 8.54. The summed E-state index contributed by atoms with van der Waals surface area (Å²) < 4.78 is 21.8. The van der Waals surface area contributed by atoms with Crippen LogP contribution in [0, 0.1) is 5.92 Å². The summed E-state index contributed by atoms with van der Waals surface area (Å²) in [6.45, 7) is 3.28. The van der Waals surface area contributed by atoms with Gasteiger partial charge in [0.15, 0.2) is 11.6 Å². The fourth-order valence-corrected chi connectivity index (χ4v) is 3.33. The largest absolute Gasteiger partial charge is 0.469 e. The molecule has 2 heterocycles. The van der Waals surface area contributed by atoms with Crippen LogP contribution in [0.4, 0.5) is 5.82 Å². The highest BCUT2D eigenvalue weighted by atomic mass is 31.2. The molecule has 0 spiro atoms. The molecule has 4 atom stereocenters. The molecule has 0 aromatic carbocycles. The van der Waals surface area contributed by atoms with Gasteiger partial charge in [-0.15, -0.1) is 0 Å². The topological polar surface area (TPSA) is 173 Å². The Bertz CT molecular complexity index is 742. The molecule has 12 heteroatoms. The van der Waals surface area contributed by atoms with Crippen LogP contribution in [0.2, 0.25) is 0 Å². The fourth-order valence-electron chi connectivity index (χ4n) is 2.94. The van der Waals surface area contributed by atoms with Crippen molar-refractivity contribution in [3.8, 4) is 0 Å². The molecule has 0 saturated heterocycles. The van der Waals surface area contributed by atoms with Crippen LogP contribution in [0.3, 0.4) is 0 Å². The first-order valence-electron chi connectivity index (χ1n) is 7.01. The van der Waals surface area contributed by atoms with Crippen LogP contribution < -0.4 is 5.73 Å². The summed E-state index contributed by atoms with van der Waals surface area (Å²) in [5.41, 5.74) is 5.92. The van der Waals surface area contributed by atoms with Crippen molar-refractivity contribution >= 4 is 25.4 Å². The number of aliphatic hydroxyl groups is 2. The second-order valence-corrected chi connectivity index (χ2v) is 6.87. The van der Waals surface area contributed by atoms with E-state index in [4.69, 9.17) is 20.3 Å². The SMILES string of the molecule is C=C1OC(N)=Nc2c1ncn2[C@@H]1C[C@H](COP(=O)(O)O)[C@@H](O)[C@H]1O. The second-order valence-electron chi connectivity index (χ2n) is 5.63. The third kappa shape index (κ3) is 3.09. The summed E-state index contributed by atoms with van der Waals surface area (Å²) in [6, 6.07) is -0.743. The lowest BCUT2D eigenvalue weighted by molar-refractivity contribution is -0.00393. The van der Waals surface area contributed by atoms with Crippen LogP contribution in [0.5, 0.6) is 0 Å². The third-order valence-electron chi connectivity index (χ3n) is 4.06. The van der Waals surface area contributed by atoms with Crippen molar-refractivity contribution in [3.05, 3.63) is 18.6 Å². The Morgan fingerprint density at radius 1 is 1.46 bits per heavy atom. The van der Waals surface area contributed by atoms with E-state index in [9.17, 15) is 14.8 Å². The zero-order valence-electron chi connectivity index (χ0n) is 12.4. The van der Waals surface area contributed by atoms with E-state index in [1.54, 1.807) is 0 Å². The van der Waals surface area contributed by atoms with E-state index in [1.165, 1.54) is 10.9 Å². The van der Waals surface area contributed by atoms with E-state index in [0.29, 0.717) is 11.5 Å². The third-order valence-corrected chi connectivity index (χ3v) is 4.55.